The Bertz CT molecular complexity index is 574. The van der Waals surface area contributed by atoms with Gasteiger partial charge in [-0.3, -0.25) is 9.59 Å². The second kappa shape index (κ2) is 17.0. The third kappa shape index (κ3) is 13.8. The maximum Gasteiger partial charge on any atom is 0.305 e. The Kier molecular flexibility index (Phi) is 14.7. The summed E-state index contributed by atoms with van der Waals surface area (Å²) < 4.78 is 23.8. The molecular formula is C24H37FO4. The lowest BCUT2D eigenvalue weighted by Gasteiger charge is -2.07. The van der Waals surface area contributed by atoms with E-state index in [1.54, 1.807) is 18.2 Å². The molecule has 0 aliphatic rings. The van der Waals surface area contributed by atoms with Gasteiger partial charge in [0.1, 0.15) is 5.82 Å². The molecule has 0 heterocycles. The fraction of sp³-hybridized carbons (Fsp3) is 0.667. The van der Waals surface area contributed by atoms with Crippen molar-refractivity contribution in [3.8, 4) is 0 Å². The average Bonchev–Trinajstić information content (AvgIpc) is 2.71. The van der Waals surface area contributed by atoms with Gasteiger partial charge in [-0.05, 0) is 24.5 Å². The van der Waals surface area contributed by atoms with Crippen LogP contribution >= 0.6 is 0 Å². The van der Waals surface area contributed by atoms with E-state index >= 15 is 0 Å². The Balaban J connectivity index is 1.91. The van der Waals surface area contributed by atoms with Crippen LogP contribution in [0, 0.1) is 5.82 Å². The Morgan fingerprint density at radius 2 is 1.31 bits per heavy atom. The third-order valence-electron chi connectivity index (χ3n) is 4.87. The fourth-order valence-corrected chi connectivity index (χ4v) is 3.10. The minimum Gasteiger partial charge on any atom is -0.466 e. The zero-order chi connectivity index (χ0) is 21.2. The molecule has 1 aromatic rings. The van der Waals surface area contributed by atoms with E-state index in [1.807, 2.05) is 0 Å². The largest absolute Gasteiger partial charge is 0.466 e. The minimum absolute atomic E-state index is 0.142. The monoisotopic (exact) mass is 408 g/mol. The van der Waals surface area contributed by atoms with Crippen LogP contribution in [0.1, 0.15) is 89.5 Å². The van der Waals surface area contributed by atoms with E-state index in [4.69, 9.17) is 9.47 Å². The van der Waals surface area contributed by atoms with Gasteiger partial charge in [0.05, 0.1) is 13.2 Å². The molecule has 0 saturated carbocycles. The molecule has 0 radical (unpaired) electrons. The smallest absolute Gasteiger partial charge is 0.305 e. The van der Waals surface area contributed by atoms with Crippen LogP contribution in [0.3, 0.4) is 0 Å². The zero-order valence-corrected chi connectivity index (χ0v) is 17.9. The van der Waals surface area contributed by atoms with E-state index in [-0.39, 0.29) is 37.2 Å². The van der Waals surface area contributed by atoms with Crippen molar-refractivity contribution in [2.75, 3.05) is 13.2 Å². The van der Waals surface area contributed by atoms with Crippen molar-refractivity contribution in [1.29, 1.82) is 0 Å². The van der Waals surface area contributed by atoms with Crippen LogP contribution in [-0.4, -0.2) is 25.2 Å². The highest BCUT2D eigenvalue weighted by atomic mass is 19.1. The molecule has 0 aliphatic heterocycles. The lowest BCUT2D eigenvalue weighted by molar-refractivity contribution is -0.145. The number of ether oxygens (including phenoxy) is 2. The van der Waals surface area contributed by atoms with Crippen molar-refractivity contribution < 1.29 is 23.5 Å². The van der Waals surface area contributed by atoms with Crippen molar-refractivity contribution in [2.45, 2.75) is 90.4 Å². The number of benzene rings is 1. The standard InChI is InChI=1S/C24H37FO4/c1-2-3-4-5-6-7-8-9-12-19-28-23(26)16-13-17-24(27)29-20-18-21-14-10-11-15-22(21)25/h10-11,14-15H,2-9,12-13,16-20H2,1H3. The second-order valence-electron chi connectivity index (χ2n) is 7.46. The zero-order valence-electron chi connectivity index (χ0n) is 17.9. The maximum atomic E-state index is 13.5. The van der Waals surface area contributed by atoms with Crippen LogP contribution < -0.4 is 0 Å². The summed E-state index contributed by atoms with van der Waals surface area (Å²) in [6.45, 7) is 2.83. The SMILES string of the molecule is CCCCCCCCCCCOC(=O)CCCC(=O)OCCc1ccccc1F. The Morgan fingerprint density at radius 3 is 1.93 bits per heavy atom. The molecule has 0 amide bonds. The molecule has 29 heavy (non-hydrogen) atoms. The lowest BCUT2D eigenvalue weighted by Crippen LogP contribution is -2.10. The number of halogens is 1. The van der Waals surface area contributed by atoms with E-state index in [0.29, 0.717) is 25.0 Å². The Morgan fingerprint density at radius 1 is 0.759 bits per heavy atom. The van der Waals surface area contributed by atoms with Gasteiger partial charge in [-0.1, -0.05) is 76.5 Å². The summed E-state index contributed by atoms with van der Waals surface area (Å²) in [5.41, 5.74) is 0.528. The third-order valence-corrected chi connectivity index (χ3v) is 4.87. The first-order valence-electron chi connectivity index (χ1n) is 11.2. The van der Waals surface area contributed by atoms with Gasteiger partial charge >= 0.3 is 11.9 Å². The van der Waals surface area contributed by atoms with E-state index in [2.05, 4.69) is 6.92 Å². The van der Waals surface area contributed by atoms with Gasteiger partial charge < -0.3 is 9.47 Å². The van der Waals surface area contributed by atoms with E-state index < -0.39 is 0 Å². The van der Waals surface area contributed by atoms with Crippen molar-refractivity contribution in [3.05, 3.63) is 35.6 Å². The molecule has 0 aromatic heterocycles. The highest BCUT2D eigenvalue weighted by Gasteiger charge is 2.08. The summed E-state index contributed by atoms with van der Waals surface area (Å²) in [7, 11) is 0. The molecule has 1 aromatic carbocycles. The molecule has 0 bridgehead atoms. The molecule has 0 aliphatic carbocycles. The first-order valence-corrected chi connectivity index (χ1v) is 11.2. The molecule has 0 spiro atoms. The second-order valence-corrected chi connectivity index (χ2v) is 7.46. The molecule has 164 valence electrons. The summed E-state index contributed by atoms with van der Waals surface area (Å²) in [4.78, 5) is 23.4. The van der Waals surface area contributed by atoms with E-state index in [0.717, 1.165) is 12.8 Å². The molecule has 0 unspecified atom stereocenters. The molecule has 0 saturated heterocycles. The summed E-state index contributed by atoms with van der Waals surface area (Å²) in [5, 5.41) is 0. The van der Waals surface area contributed by atoms with Crippen LogP contribution in [0.4, 0.5) is 4.39 Å². The van der Waals surface area contributed by atoms with E-state index in [1.165, 1.54) is 51.0 Å². The number of unbranched alkanes of at least 4 members (excludes halogenated alkanes) is 8. The number of esters is 2. The van der Waals surface area contributed by atoms with E-state index in [9.17, 15) is 14.0 Å². The highest BCUT2D eigenvalue weighted by Crippen LogP contribution is 2.10. The van der Waals surface area contributed by atoms with Crippen molar-refractivity contribution in [2.24, 2.45) is 0 Å². The predicted octanol–water partition coefficient (Wildman–Crippen LogP) is 6.16. The Hall–Kier alpha value is -1.91. The number of carbonyl (C=O) groups is 2. The van der Waals surface area contributed by atoms with Gasteiger partial charge in [-0.25, -0.2) is 4.39 Å². The van der Waals surface area contributed by atoms with Crippen LogP contribution in [0.25, 0.3) is 0 Å². The first-order chi connectivity index (χ1) is 14.1. The average molecular weight is 409 g/mol. The van der Waals surface area contributed by atoms with Crippen LogP contribution in [0.15, 0.2) is 24.3 Å². The quantitative estimate of drug-likeness (QED) is 0.229. The van der Waals surface area contributed by atoms with Gasteiger partial charge in [0.25, 0.3) is 0 Å². The predicted molar refractivity (Wildman–Crippen MR) is 113 cm³/mol. The minimum atomic E-state index is -0.368. The summed E-state index contributed by atoms with van der Waals surface area (Å²) >= 11 is 0. The van der Waals surface area contributed by atoms with Gasteiger partial charge in [-0.2, -0.15) is 0 Å². The molecular weight excluding hydrogens is 371 g/mol. The summed E-state index contributed by atoms with van der Waals surface area (Å²) in [5.74, 6) is -0.921. The molecule has 0 fully saturated rings. The van der Waals surface area contributed by atoms with Crippen molar-refractivity contribution in [1.82, 2.24) is 0 Å². The van der Waals surface area contributed by atoms with Crippen molar-refractivity contribution in [3.63, 3.8) is 0 Å². The lowest BCUT2D eigenvalue weighted by atomic mass is 10.1. The molecule has 0 N–H and O–H groups in total. The normalized spacial score (nSPS) is 10.7. The number of hydrogen-bond donors (Lipinski definition) is 0. The number of hydrogen-bond acceptors (Lipinski definition) is 4. The van der Waals surface area contributed by atoms with Crippen LogP contribution in [0.5, 0.6) is 0 Å². The van der Waals surface area contributed by atoms with Crippen LogP contribution in [-0.2, 0) is 25.5 Å². The summed E-state index contributed by atoms with van der Waals surface area (Å²) in [6, 6.07) is 6.43. The fourth-order valence-electron chi connectivity index (χ4n) is 3.10. The topological polar surface area (TPSA) is 52.6 Å². The first kappa shape index (κ1) is 25.1. The molecule has 4 nitrogen and oxygen atoms in total. The van der Waals surface area contributed by atoms with Gasteiger partial charge in [0.2, 0.25) is 0 Å². The van der Waals surface area contributed by atoms with Crippen molar-refractivity contribution >= 4 is 11.9 Å². The summed E-state index contributed by atoms with van der Waals surface area (Å²) in [6.07, 6.45) is 12.2. The van der Waals surface area contributed by atoms with Crippen LogP contribution in [0.2, 0.25) is 0 Å². The van der Waals surface area contributed by atoms with Gasteiger partial charge in [-0.15, -0.1) is 0 Å². The molecule has 0 atom stereocenters. The van der Waals surface area contributed by atoms with Gasteiger partial charge in [0.15, 0.2) is 0 Å². The van der Waals surface area contributed by atoms with Gasteiger partial charge in [0, 0.05) is 19.3 Å². The molecule has 1 rings (SSSR count). The maximum absolute atomic E-state index is 13.5. The number of carbonyl (C=O) groups excluding carboxylic acids is 2. The number of rotatable bonds is 17. The highest BCUT2D eigenvalue weighted by molar-refractivity contribution is 5.72. The molecule has 5 heteroatoms. The Labute approximate surface area is 175 Å².